The molecule has 0 bridgehead atoms. The van der Waals surface area contributed by atoms with Crippen LogP contribution in [0.1, 0.15) is 19.0 Å². The molecule has 6 nitrogen and oxygen atoms in total. The van der Waals surface area contributed by atoms with E-state index in [0.717, 1.165) is 18.7 Å². The van der Waals surface area contributed by atoms with Gasteiger partial charge in [0, 0.05) is 18.4 Å². The van der Waals surface area contributed by atoms with E-state index in [9.17, 15) is 8.42 Å². The largest absolute Gasteiger partial charge is 0.347 e. The molecule has 0 radical (unpaired) electrons. The highest BCUT2D eigenvalue weighted by atomic mass is 32.2. The lowest BCUT2D eigenvalue weighted by atomic mass is 10.5. The number of sulfonamides is 1. The van der Waals surface area contributed by atoms with Gasteiger partial charge in [-0.1, -0.05) is 6.92 Å². The fraction of sp³-hybridized carbons (Fsp3) is 0.667. The monoisotopic (exact) mass is 246 g/mol. The number of rotatable bonds is 8. The Labute approximate surface area is 95.9 Å². The van der Waals surface area contributed by atoms with Crippen LogP contribution in [0.3, 0.4) is 0 Å². The van der Waals surface area contributed by atoms with Crippen LogP contribution in [0.5, 0.6) is 0 Å². The zero-order valence-corrected chi connectivity index (χ0v) is 10.2. The molecule has 0 aromatic carbocycles. The van der Waals surface area contributed by atoms with Crippen LogP contribution in [-0.4, -0.2) is 37.2 Å². The van der Waals surface area contributed by atoms with E-state index in [4.69, 9.17) is 0 Å². The van der Waals surface area contributed by atoms with Crippen molar-refractivity contribution < 1.29 is 8.42 Å². The molecule has 0 aliphatic rings. The predicted molar refractivity (Wildman–Crippen MR) is 62.4 cm³/mol. The second kappa shape index (κ2) is 6.62. The Kier molecular flexibility index (Phi) is 5.44. The first kappa shape index (κ1) is 13.1. The molecule has 3 N–H and O–H groups in total. The summed E-state index contributed by atoms with van der Waals surface area (Å²) in [5.74, 6) is 0.0984. The van der Waals surface area contributed by atoms with Crippen molar-refractivity contribution in [3.8, 4) is 0 Å². The van der Waals surface area contributed by atoms with Crippen molar-refractivity contribution in [2.24, 2.45) is 0 Å². The molecule has 1 heterocycles. The SMILES string of the molecule is CCCNCCS(=O)(=O)NCc1cnc[nH]1. The lowest BCUT2D eigenvalue weighted by molar-refractivity contribution is 0.575. The average molecular weight is 246 g/mol. The number of nitrogens with one attached hydrogen (secondary N) is 3. The zero-order valence-electron chi connectivity index (χ0n) is 9.36. The molecule has 1 aromatic rings. The third-order valence-electron chi connectivity index (χ3n) is 2.01. The van der Waals surface area contributed by atoms with E-state index in [1.165, 1.54) is 6.33 Å². The molecule has 0 spiro atoms. The number of hydrogen-bond acceptors (Lipinski definition) is 4. The Bertz CT molecular complexity index is 374. The number of imidazole rings is 1. The van der Waals surface area contributed by atoms with Crippen LogP contribution in [0.25, 0.3) is 0 Å². The van der Waals surface area contributed by atoms with Crippen LogP contribution in [0.2, 0.25) is 0 Å². The summed E-state index contributed by atoms with van der Waals surface area (Å²) in [5.41, 5.74) is 0.755. The molecule has 16 heavy (non-hydrogen) atoms. The quantitative estimate of drug-likeness (QED) is 0.556. The van der Waals surface area contributed by atoms with Crippen LogP contribution in [-0.2, 0) is 16.6 Å². The third kappa shape index (κ3) is 5.24. The summed E-state index contributed by atoms with van der Waals surface area (Å²) in [6, 6.07) is 0. The zero-order chi connectivity index (χ0) is 11.9. The lowest BCUT2D eigenvalue weighted by Crippen LogP contribution is -2.31. The summed E-state index contributed by atoms with van der Waals surface area (Å²) in [6.45, 7) is 3.62. The number of aromatic amines is 1. The van der Waals surface area contributed by atoms with Gasteiger partial charge in [0.2, 0.25) is 10.0 Å². The van der Waals surface area contributed by atoms with Crippen LogP contribution >= 0.6 is 0 Å². The van der Waals surface area contributed by atoms with E-state index in [2.05, 4.69) is 20.0 Å². The Morgan fingerprint density at radius 3 is 2.88 bits per heavy atom. The maximum atomic E-state index is 11.5. The molecule has 0 aliphatic heterocycles. The van der Waals surface area contributed by atoms with E-state index in [-0.39, 0.29) is 12.3 Å². The van der Waals surface area contributed by atoms with Gasteiger partial charge < -0.3 is 10.3 Å². The minimum absolute atomic E-state index is 0.0984. The van der Waals surface area contributed by atoms with Gasteiger partial charge in [0.25, 0.3) is 0 Å². The standard InChI is InChI=1S/C9H18N4O2S/c1-2-3-10-4-5-16(14,15)13-7-9-6-11-8-12-9/h6,8,10,13H,2-5,7H2,1H3,(H,11,12). The summed E-state index contributed by atoms with van der Waals surface area (Å²) in [7, 11) is -3.20. The van der Waals surface area contributed by atoms with Crippen LogP contribution in [0.15, 0.2) is 12.5 Å². The van der Waals surface area contributed by atoms with Crippen molar-refractivity contribution in [3.05, 3.63) is 18.2 Å². The van der Waals surface area contributed by atoms with E-state index in [0.29, 0.717) is 6.54 Å². The molecule has 0 fully saturated rings. The summed E-state index contributed by atoms with van der Waals surface area (Å²) in [4.78, 5) is 6.64. The Hall–Kier alpha value is -0.920. The van der Waals surface area contributed by atoms with Gasteiger partial charge in [-0.3, -0.25) is 0 Å². The molecule has 1 rings (SSSR count). The minimum Gasteiger partial charge on any atom is -0.347 e. The van der Waals surface area contributed by atoms with Crippen LogP contribution in [0.4, 0.5) is 0 Å². The Balaban J connectivity index is 2.23. The lowest BCUT2D eigenvalue weighted by Gasteiger charge is -2.06. The predicted octanol–water partition coefficient (Wildman–Crippen LogP) is -0.171. The fourth-order valence-corrected chi connectivity index (χ4v) is 2.08. The van der Waals surface area contributed by atoms with E-state index in [1.54, 1.807) is 6.20 Å². The molecule has 1 aromatic heterocycles. The fourth-order valence-electron chi connectivity index (χ4n) is 1.15. The van der Waals surface area contributed by atoms with Crippen molar-refractivity contribution in [2.45, 2.75) is 19.9 Å². The van der Waals surface area contributed by atoms with Gasteiger partial charge in [-0.05, 0) is 13.0 Å². The van der Waals surface area contributed by atoms with Crippen molar-refractivity contribution >= 4 is 10.0 Å². The first-order valence-electron chi connectivity index (χ1n) is 5.29. The summed E-state index contributed by atoms with van der Waals surface area (Å²) < 4.78 is 25.5. The molecule has 0 amide bonds. The first-order chi connectivity index (χ1) is 7.64. The highest BCUT2D eigenvalue weighted by molar-refractivity contribution is 7.89. The molecule has 0 atom stereocenters. The number of nitrogens with zero attached hydrogens (tertiary/aromatic N) is 1. The van der Waals surface area contributed by atoms with Crippen LogP contribution < -0.4 is 10.0 Å². The van der Waals surface area contributed by atoms with Crippen molar-refractivity contribution in [1.29, 1.82) is 0 Å². The smallest absolute Gasteiger partial charge is 0.213 e. The van der Waals surface area contributed by atoms with E-state index >= 15 is 0 Å². The summed E-state index contributed by atoms with van der Waals surface area (Å²) in [5, 5.41) is 3.05. The van der Waals surface area contributed by atoms with Crippen molar-refractivity contribution in [2.75, 3.05) is 18.8 Å². The highest BCUT2D eigenvalue weighted by Gasteiger charge is 2.09. The summed E-state index contributed by atoms with van der Waals surface area (Å²) >= 11 is 0. The van der Waals surface area contributed by atoms with Gasteiger partial charge in [-0.2, -0.15) is 0 Å². The van der Waals surface area contributed by atoms with Gasteiger partial charge in [0.1, 0.15) is 0 Å². The topological polar surface area (TPSA) is 86.9 Å². The van der Waals surface area contributed by atoms with Gasteiger partial charge in [-0.25, -0.2) is 18.1 Å². The van der Waals surface area contributed by atoms with Gasteiger partial charge in [0.05, 0.1) is 18.6 Å². The van der Waals surface area contributed by atoms with Gasteiger partial charge >= 0.3 is 0 Å². The van der Waals surface area contributed by atoms with Crippen molar-refractivity contribution in [1.82, 2.24) is 20.0 Å². The molecule has 0 unspecified atom stereocenters. The van der Waals surface area contributed by atoms with Crippen LogP contribution in [0, 0.1) is 0 Å². The molecule has 0 aliphatic carbocycles. The Morgan fingerprint density at radius 1 is 1.44 bits per heavy atom. The second-order valence-electron chi connectivity index (χ2n) is 3.47. The van der Waals surface area contributed by atoms with Crippen molar-refractivity contribution in [3.63, 3.8) is 0 Å². The minimum atomic E-state index is -3.20. The van der Waals surface area contributed by atoms with Gasteiger partial charge in [0.15, 0.2) is 0 Å². The molecule has 7 heteroatoms. The molecule has 92 valence electrons. The molecular weight excluding hydrogens is 228 g/mol. The molecular formula is C9H18N4O2S. The first-order valence-corrected chi connectivity index (χ1v) is 6.94. The molecule has 0 saturated carbocycles. The third-order valence-corrected chi connectivity index (χ3v) is 3.34. The number of H-pyrrole nitrogens is 1. The maximum absolute atomic E-state index is 11.5. The second-order valence-corrected chi connectivity index (χ2v) is 5.39. The maximum Gasteiger partial charge on any atom is 0.213 e. The van der Waals surface area contributed by atoms with E-state index < -0.39 is 10.0 Å². The Morgan fingerprint density at radius 2 is 2.25 bits per heavy atom. The normalized spacial score (nSPS) is 11.8. The highest BCUT2D eigenvalue weighted by Crippen LogP contribution is 1.92. The average Bonchev–Trinajstić information content (AvgIpc) is 2.75. The summed E-state index contributed by atoms with van der Waals surface area (Å²) in [6.07, 6.45) is 4.12. The number of aromatic nitrogens is 2. The molecule has 0 saturated heterocycles. The number of hydrogen-bond donors (Lipinski definition) is 3. The van der Waals surface area contributed by atoms with Gasteiger partial charge in [-0.15, -0.1) is 0 Å². The van der Waals surface area contributed by atoms with E-state index in [1.807, 2.05) is 6.92 Å².